The van der Waals surface area contributed by atoms with Gasteiger partial charge in [-0.3, -0.25) is 0 Å². The zero-order valence-corrected chi connectivity index (χ0v) is 10.6. The average molecular weight is 237 g/mol. The second-order valence-electron chi connectivity index (χ2n) is 3.63. The Kier molecular flexibility index (Phi) is 3.57. The molecule has 0 radical (unpaired) electrons. The first-order valence-corrected chi connectivity index (χ1v) is 6.77. The van der Waals surface area contributed by atoms with Crippen LogP contribution in [-0.2, 0) is 6.54 Å². The Bertz CT molecular complexity index is 403. The van der Waals surface area contributed by atoms with Gasteiger partial charge in [0.2, 0.25) is 0 Å². The van der Waals surface area contributed by atoms with Crippen molar-refractivity contribution in [2.24, 2.45) is 0 Å². The van der Waals surface area contributed by atoms with Crippen LogP contribution < -0.4 is 5.32 Å². The van der Waals surface area contributed by atoms with Crippen molar-refractivity contribution < 1.29 is 0 Å². The van der Waals surface area contributed by atoms with Crippen molar-refractivity contribution in [1.29, 1.82) is 0 Å². The molecule has 1 N–H and O–H groups in total. The van der Waals surface area contributed by atoms with Gasteiger partial charge in [0.25, 0.3) is 0 Å². The fraction of sp³-hybridized carbons (Fsp3) is 0.333. The molecule has 0 saturated heterocycles. The van der Waals surface area contributed by atoms with Gasteiger partial charge in [0.15, 0.2) is 0 Å². The molecule has 0 aliphatic heterocycles. The van der Waals surface area contributed by atoms with Crippen LogP contribution in [0.3, 0.4) is 0 Å². The van der Waals surface area contributed by atoms with Crippen LogP contribution in [0, 0.1) is 6.92 Å². The van der Waals surface area contributed by atoms with Crippen LogP contribution in [0.5, 0.6) is 0 Å². The van der Waals surface area contributed by atoms with Crippen LogP contribution in [0.25, 0.3) is 0 Å². The minimum Gasteiger partial charge on any atom is -0.305 e. The fourth-order valence-electron chi connectivity index (χ4n) is 1.45. The summed E-state index contributed by atoms with van der Waals surface area (Å²) >= 11 is 3.68. The zero-order chi connectivity index (χ0) is 10.7. The molecular formula is C12H15NS2. The first kappa shape index (κ1) is 10.9. The van der Waals surface area contributed by atoms with E-state index in [9.17, 15) is 0 Å². The summed E-state index contributed by atoms with van der Waals surface area (Å²) in [4.78, 5) is 4.20. The third kappa shape index (κ3) is 2.91. The fourth-order valence-corrected chi connectivity index (χ4v) is 3.01. The molecule has 3 heteroatoms. The van der Waals surface area contributed by atoms with Crippen molar-refractivity contribution in [1.82, 2.24) is 5.32 Å². The molecule has 1 nitrogen and oxygen atoms in total. The number of aryl methyl sites for hydroxylation is 1. The Hall–Kier alpha value is -0.640. The van der Waals surface area contributed by atoms with E-state index in [-0.39, 0.29) is 0 Å². The maximum atomic E-state index is 3.54. The van der Waals surface area contributed by atoms with E-state index >= 15 is 0 Å². The Labute approximate surface area is 98.8 Å². The molecule has 2 rings (SSSR count). The first-order chi connectivity index (χ1) is 7.25. The molecule has 2 heterocycles. The van der Waals surface area contributed by atoms with Crippen molar-refractivity contribution in [3.63, 3.8) is 0 Å². The minimum atomic E-state index is 0.450. The average Bonchev–Trinajstić information content (AvgIpc) is 2.84. The van der Waals surface area contributed by atoms with E-state index in [0.29, 0.717) is 6.04 Å². The summed E-state index contributed by atoms with van der Waals surface area (Å²) in [6, 6.07) is 9.12. The molecule has 0 saturated carbocycles. The minimum absolute atomic E-state index is 0.450. The Balaban J connectivity index is 1.90. The summed E-state index contributed by atoms with van der Waals surface area (Å²) < 4.78 is 0. The molecule has 0 spiro atoms. The van der Waals surface area contributed by atoms with Crippen LogP contribution in [0.2, 0.25) is 0 Å². The van der Waals surface area contributed by atoms with Gasteiger partial charge in [-0.05, 0) is 37.4 Å². The number of hydrogen-bond donors (Lipinski definition) is 1. The Morgan fingerprint density at radius 1 is 1.33 bits per heavy atom. The van der Waals surface area contributed by atoms with Gasteiger partial charge in [0, 0.05) is 27.2 Å². The Morgan fingerprint density at radius 2 is 2.20 bits per heavy atom. The molecule has 1 unspecified atom stereocenters. The van der Waals surface area contributed by atoms with Gasteiger partial charge in [-0.25, -0.2) is 0 Å². The molecule has 0 amide bonds. The molecular weight excluding hydrogens is 222 g/mol. The predicted octanol–water partition coefficient (Wildman–Crippen LogP) is 3.97. The van der Waals surface area contributed by atoms with Gasteiger partial charge < -0.3 is 5.32 Å². The smallest absolute Gasteiger partial charge is 0.0389 e. The van der Waals surface area contributed by atoms with E-state index in [1.54, 1.807) is 11.3 Å². The van der Waals surface area contributed by atoms with Gasteiger partial charge in [-0.2, -0.15) is 0 Å². The summed E-state index contributed by atoms with van der Waals surface area (Å²) in [5.41, 5.74) is 0. The number of nitrogens with one attached hydrogen (secondary N) is 1. The Morgan fingerprint density at radius 3 is 2.80 bits per heavy atom. The molecule has 0 aromatic carbocycles. The van der Waals surface area contributed by atoms with Crippen LogP contribution in [0.4, 0.5) is 0 Å². The van der Waals surface area contributed by atoms with E-state index in [2.05, 4.69) is 48.8 Å². The maximum Gasteiger partial charge on any atom is 0.0389 e. The maximum absolute atomic E-state index is 3.54. The summed E-state index contributed by atoms with van der Waals surface area (Å²) in [6.07, 6.45) is 0. The summed E-state index contributed by atoms with van der Waals surface area (Å²) in [6.45, 7) is 5.34. The van der Waals surface area contributed by atoms with Crippen molar-refractivity contribution in [2.75, 3.05) is 0 Å². The SMILES string of the molecule is Cc1ccc(C(C)NCc2cccs2)s1. The number of thiophene rings is 2. The van der Waals surface area contributed by atoms with Crippen LogP contribution in [0.15, 0.2) is 29.6 Å². The standard InChI is InChI=1S/C12H15NS2/c1-9-5-6-12(15-9)10(2)13-8-11-4-3-7-14-11/h3-7,10,13H,8H2,1-2H3. The van der Waals surface area contributed by atoms with Crippen LogP contribution in [0.1, 0.15) is 27.6 Å². The predicted molar refractivity (Wildman–Crippen MR) is 68.6 cm³/mol. The molecule has 0 aliphatic carbocycles. The van der Waals surface area contributed by atoms with Crippen molar-refractivity contribution in [3.8, 4) is 0 Å². The molecule has 1 atom stereocenters. The molecule has 0 bridgehead atoms. The molecule has 0 fully saturated rings. The molecule has 80 valence electrons. The second-order valence-corrected chi connectivity index (χ2v) is 5.98. The van der Waals surface area contributed by atoms with Gasteiger partial charge in [-0.15, -0.1) is 22.7 Å². The van der Waals surface area contributed by atoms with Crippen molar-refractivity contribution >= 4 is 22.7 Å². The molecule has 2 aromatic rings. The third-order valence-electron chi connectivity index (χ3n) is 2.35. The van der Waals surface area contributed by atoms with E-state index in [4.69, 9.17) is 0 Å². The number of rotatable bonds is 4. The molecule has 0 aliphatic rings. The van der Waals surface area contributed by atoms with E-state index < -0.39 is 0 Å². The van der Waals surface area contributed by atoms with Crippen LogP contribution in [-0.4, -0.2) is 0 Å². The lowest BCUT2D eigenvalue weighted by molar-refractivity contribution is 0.587. The zero-order valence-electron chi connectivity index (χ0n) is 8.99. The topological polar surface area (TPSA) is 12.0 Å². The van der Waals surface area contributed by atoms with Gasteiger partial charge >= 0.3 is 0 Å². The second kappa shape index (κ2) is 4.92. The van der Waals surface area contributed by atoms with Gasteiger partial charge in [-0.1, -0.05) is 6.07 Å². The summed E-state index contributed by atoms with van der Waals surface area (Å²) in [5, 5.41) is 5.66. The molecule has 2 aromatic heterocycles. The largest absolute Gasteiger partial charge is 0.305 e. The van der Waals surface area contributed by atoms with Gasteiger partial charge in [0.05, 0.1) is 0 Å². The highest BCUT2D eigenvalue weighted by Crippen LogP contribution is 2.22. The highest BCUT2D eigenvalue weighted by Gasteiger charge is 2.06. The highest BCUT2D eigenvalue weighted by atomic mass is 32.1. The molecule has 15 heavy (non-hydrogen) atoms. The van der Waals surface area contributed by atoms with Crippen molar-refractivity contribution in [2.45, 2.75) is 26.4 Å². The third-order valence-corrected chi connectivity index (χ3v) is 4.41. The lowest BCUT2D eigenvalue weighted by Crippen LogP contribution is -2.16. The lowest BCUT2D eigenvalue weighted by Gasteiger charge is -2.10. The first-order valence-electron chi connectivity index (χ1n) is 5.08. The van der Waals surface area contributed by atoms with E-state index in [1.807, 2.05) is 11.3 Å². The quantitative estimate of drug-likeness (QED) is 0.848. The normalized spacial score (nSPS) is 12.9. The van der Waals surface area contributed by atoms with Crippen molar-refractivity contribution in [3.05, 3.63) is 44.3 Å². The summed E-state index contributed by atoms with van der Waals surface area (Å²) in [7, 11) is 0. The van der Waals surface area contributed by atoms with Crippen LogP contribution >= 0.6 is 22.7 Å². The lowest BCUT2D eigenvalue weighted by atomic mass is 10.2. The van der Waals surface area contributed by atoms with E-state index in [0.717, 1.165) is 6.54 Å². The van der Waals surface area contributed by atoms with Gasteiger partial charge in [0.1, 0.15) is 0 Å². The monoisotopic (exact) mass is 237 g/mol. The highest BCUT2D eigenvalue weighted by molar-refractivity contribution is 7.12. The number of hydrogen-bond acceptors (Lipinski definition) is 3. The summed E-state index contributed by atoms with van der Waals surface area (Å²) in [5.74, 6) is 0. The van der Waals surface area contributed by atoms with E-state index in [1.165, 1.54) is 14.6 Å².